The summed E-state index contributed by atoms with van der Waals surface area (Å²) in [5.41, 5.74) is 1.82. The highest BCUT2D eigenvalue weighted by Crippen LogP contribution is 2.28. The molecule has 0 bridgehead atoms. The molecule has 0 fully saturated rings. The average Bonchev–Trinajstić information content (AvgIpc) is 2.89. The zero-order valence-electron chi connectivity index (χ0n) is 10.7. The van der Waals surface area contributed by atoms with Gasteiger partial charge in [-0.25, -0.2) is 9.78 Å². The molecule has 1 heterocycles. The summed E-state index contributed by atoms with van der Waals surface area (Å²) in [6, 6.07) is 11.9. The Balaban J connectivity index is 2.18. The van der Waals surface area contributed by atoms with Crippen molar-refractivity contribution >= 4 is 17.1 Å². The number of aromatic carboxylic acids is 1. The van der Waals surface area contributed by atoms with Crippen LogP contribution < -0.4 is 4.74 Å². The Hall–Kier alpha value is -2.82. The minimum atomic E-state index is -1.01. The van der Waals surface area contributed by atoms with Crippen LogP contribution in [0.4, 0.5) is 0 Å². The van der Waals surface area contributed by atoms with E-state index < -0.39 is 5.97 Å². The monoisotopic (exact) mass is 269 g/mol. The number of rotatable bonds is 3. The number of oxazole rings is 1. The van der Waals surface area contributed by atoms with Gasteiger partial charge in [0, 0.05) is 6.07 Å². The van der Waals surface area contributed by atoms with Crippen molar-refractivity contribution in [3.8, 4) is 17.2 Å². The van der Waals surface area contributed by atoms with Crippen LogP contribution in [-0.2, 0) is 0 Å². The molecule has 0 spiro atoms. The second-order valence-corrected chi connectivity index (χ2v) is 4.20. The molecular formula is C15H11NO4. The Kier molecular flexibility index (Phi) is 2.87. The first-order chi connectivity index (χ1) is 9.69. The van der Waals surface area contributed by atoms with Crippen LogP contribution in [0.5, 0.6) is 5.75 Å². The quantitative estimate of drug-likeness (QED) is 0.790. The van der Waals surface area contributed by atoms with E-state index in [0.717, 1.165) is 0 Å². The smallest absolute Gasteiger partial charge is 0.336 e. The lowest BCUT2D eigenvalue weighted by Gasteiger charge is -2.00. The minimum Gasteiger partial charge on any atom is -0.497 e. The normalized spacial score (nSPS) is 10.7. The summed E-state index contributed by atoms with van der Waals surface area (Å²) in [6.07, 6.45) is 0. The van der Waals surface area contributed by atoms with Gasteiger partial charge in [-0.1, -0.05) is 12.1 Å². The van der Waals surface area contributed by atoms with E-state index in [4.69, 9.17) is 9.15 Å². The maximum Gasteiger partial charge on any atom is 0.336 e. The van der Waals surface area contributed by atoms with Crippen molar-refractivity contribution in [2.45, 2.75) is 0 Å². The second kappa shape index (κ2) is 4.70. The molecule has 0 aliphatic heterocycles. The number of nitrogens with zero attached hydrogens (tertiary/aromatic N) is 1. The summed E-state index contributed by atoms with van der Waals surface area (Å²) in [4.78, 5) is 15.5. The van der Waals surface area contributed by atoms with Gasteiger partial charge in [0.1, 0.15) is 11.3 Å². The molecule has 0 aliphatic rings. The summed E-state index contributed by atoms with van der Waals surface area (Å²) < 4.78 is 10.8. The number of benzene rings is 2. The molecule has 100 valence electrons. The van der Waals surface area contributed by atoms with Crippen LogP contribution >= 0.6 is 0 Å². The van der Waals surface area contributed by atoms with Gasteiger partial charge >= 0.3 is 5.97 Å². The Labute approximate surface area is 114 Å². The van der Waals surface area contributed by atoms with Crippen molar-refractivity contribution in [2.24, 2.45) is 0 Å². The van der Waals surface area contributed by atoms with Crippen molar-refractivity contribution in [3.63, 3.8) is 0 Å². The van der Waals surface area contributed by atoms with E-state index in [1.807, 2.05) is 0 Å². The lowest BCUT2D eigenvalue weighted by atomic mass is 10.1. The summed E-state index contributed by atoms with van der Waals surface area (Å²) >= 11 is 0. The molecule has 5 heteroatoms. The molecular weight excluding hydrogens is 258 g/mol. The molecule has 2 aromatic carbocycles. The second-order valence-electron chi connectivity index (χ2n) is 4.20. The number of hydrogen-bond acceptors (Lipinski definition) is 4. The molecule has 0 aliphatic carbocycles. The van der Waals surface area contributed by atoms with Gasteiger partial charge in [-0.2, -0.15) is 0 Å². The molecule has 0 saturated carbocycles. The molecule has 3 aromatic rings. The lowest BCUT2D eigenvalue weighted by Crippen LogP contribution is -1.98. The molecule has 1 N–H and O–H groups in total. The fraction of sp³-hybridized carbons (Fsp3) is 0.0667. The molecule has 3 rings (SSSR count). The predicted octanol–water partition coefficient (Wildman–Crippen LogP) is 3.20. The van der Waals surface area contributed by atoms with E-state index in [-0.39, 0.29) is 11.5 Å². The third kappa shape index (κ3) is 1.99. The van der Waals surface area contributed by atoms with E-state index in [1.54, 1.807) is 43.5 Å². The van der Waals surface area contributed by atoms with Crippen molar-refractivity contribution in [2.75, 3.05) is 7.11 Å². The van der Waals surface area contributed by atoms with Crippen LogP contribution in [0.1, 0.15) is 10.4 Å². The first-order valence-corrected chi connectivity index (χ1v) is 5.96. The highest BCUT2D eigenvalue weighted by atomic mass is 16.5. The van der Waals surface area contributed by atoms with E-state index in [2.05, 4.69) is 4.98 Å². The molecule has 0 unspecified atom stereocenters. The summed E-state index contributed by atoms with van der Waals surface area (Å²) in [5.74, 6) is -0.0709. The van der Waals surface area contributed by atoms with Crippen LogP contribution in [0.3, 0.4) is 0 Å². The number of ether oxygens (including phenoxy) is 1. The first-order valence-electron chi connectivity index (χ1n) is 5.96. The fourth-order valence-electron chi connectivity index (χ4n) is 2.00. The zero-order valence-corrected chi connectivity index (χ0v) is 10.7. The first kappa shape index (κ1) is 12.2. The summed E-state index contributed by atoms with van der Waals surface area (Å²) in [5, 5.41) is 9.19. The summed E-state index contributed by atoms with van der Waals surface area (Å²) in [7, 11) is 1.57. The van der Waals surface area contributed by atoms with Crippen LogP contribution in [0.25, 0.3) is 22.6 Å². The zero-order chi connectivity index (χ0) is 14.1. The van der Waals surface area contributed by atoms with Crippen LogP contribution in [0.2, 0.25) is 0 Å². The van der Waals surface area contributed by atoms with Gasteiger partial charge in [-0.05, 0) is 24.3 Å². The third-order valence-corrected chi connectivity index (χ3v) is 2.98. The number of carboxylic acid groups (broad SMARTS) is 1. The number of hydrogen-bond donors (Lipinski definition) is 1. The van der Waals surface area contributed by atoms with E-state index in [0.29, 0.717) is 22.4 Å². The topological polar surface area (TPSA) is 72.6 Å². The molecule has 20 heavy (non-hydrogen) atoms. The predicted molar refractivity (Wildman–Crippen MR) is 73.0 cm³/mol. The molecule has 0 atom stereocenters. The average molecular weight is 269 g/mol. The number of fused-ring (bicyclic) bond motifs is 1. The van der Waals surface area contributed by atoms with Gasteiger partial charge in [-0.3, -0.25) is 0 Å². The SMILES string of the molecule is COc1ccc2nc(-c3ccccc3C(=O)O)oc2c1. The Morgan fingerprint density at radius 2 is 2.05 bits per heavy atom. The molecule has 1 aromatic heterocycles. The summed E-state index contributed by atoms with van der Waals surface area (Å²) in [6.45, 7) is 0. The minimum absolute atomic E-state index is 0.158. The molecule has 0 saturated heterocycles. The van der Waals surface area contributed by atoms with Crippen molar-refractivity contribution in [3.05, 3.63) is 48.0 Å². The van der Waals surface area contributed by atoms with Gasteiger partial charge in [0.05, 0.1) is 18.2 Å². The maximum absolute atomic E-state index is 11.2. The van der Waals surface area contributed by atoms with Gasteiger partial charge in [0.15, 0.2) is 5.58 Å². The van der Waals surface area contributed by atoms with Crippen LogP contribution in [-0.4, -0.2) is 23.2 Å². The molecule has 0 radical (unpaired) electrons. The van der Waals surface area contributed by atoms with E-state index in [9.17, 15) is 9.90 Å². The third-order valence-electron chi connectivity index (χ3n) is 2.98. The highest BCUT2D eigenvalue weighted by molar-refractivity contribution is 5.95. The number of methoxy groups -OCH3 is 1. The van der Waals surface area contributed by atoms with Gasteiger partial charge in [0.25, 0.3) is 0 Å². The van der Waals surface area contributed by atoms with Crippen molar-refractivity contribution in [1.29, 1.82) is 0 Å². The van der Waals surface area contributed by atoms with E-state index in [1.165, 1.54) is 6.07 Å². The largest absolute Gasteiger partial charge is 0.497 e. The van der Waals surface area contributed by atoms with Gasteiger partial charge < -0.3 is 14.3 Å². The molecule has 0 amide bonds. The van der Waals surface area contributed by atoms with Crippen molar-refractivity contribution < 1.29 is 19.1 Å². The molecule has 5 nitrogen and oxygen atoms in total. The van der Waals surface area contributed by atoms with E-state index >= 15 is 0 Å². The van der Waals surface area contributed by atoms with Crippen LogP contribution in [0, 0.1) is 0 Å². The van der Waals surface area contributed by atoms with Gasteiger partial charge in [0.2, 0.25) is 5.89 Å². The number of carboxylic acids is 1. The lowest BCUT2D eigenvalue weighted by molar-refractivity contribution is 0.0697. The standard InChI is InChI=1S/C15H11NO4/c1-19-9-6-7-12-13(8-9)20-14(16-12)10-4-2-3-5-11(10)15(17)18/h2-8H,1H3,(H,17,18). The van der Waals surface area contributed by atoms with Crippen molar-refractivity contribution in [1.82, 2.24) is 4.98 Å². The number of aromatic nitrogens is 1. The Morgan fingerprint density at radius 1 is 1.25 bits per heavy atom. The Bertz CT molecular complexity index is 791. The fourth-order valence-corrected chi connectivity index (χ4v) is 2.00. The van der Waals surface area contributed by atoms with Gasteiger partial charge in [-0.15, -0.1) is 0 Å². The number of carbonyl (C=O) groups is 1. The Morgan fingerprint density at radius 3 is 2.80 bits per heavy atom. The highest BCUT2D eigenvalue weighted by Gasteiger charge is 2.16. The van der Waals surface area contributed by atoms with Crippen LogP contribution in [0.15, 0.2) is 46.9 Å². The maximum atomic E-state index is 11.2.